The van der Waals surface area contributed by atoms with Gasteiger partial charge in [-0.1, -0.05) is 13.8 Å². The number of carbonyl (C=O) groups is 1. The van der Waals surface area contributed by atoms with Crippen molar-refractivity contribution in [3.8, 4) is 0 Å². The number of thiocarbonyl (C=S) groups is 1. The van der Waals surface area contributed by atoms with Crippen LogP contribution in [0.2, 0.25) is 0 Å². The number of piperidine rings is 1. The average molecular weight is 422 g/mol. The fourth-order valence-corrected chi connectivity index (χ4v) is 5.29. The summed E-state index contributed by atoms with van der Waals surface area (Å²) in [5.41, 5.74) is 0.573. The van der Waals surface area contributed by atoms with Crippen LogP contribution in [0.4, 0.5) is 5.69 Å². The van der Waals surface area contributed by atoms with Gasteiger partial charge in [-0.3, -0.25) is 10.1 Å². The number of benzene rings is 1. The molecule has 150 valence electrons. The third kappa shape index (κ3) is 4.78. The number of hydrogen-bond donors (Lipinski definition) is 2. The molecular formula is C19H23N3O4S2. The van der Waals surface area contributed by atoms with Crippen LogP contribution < -0.4 is 10.6 Å². The van der Waals surface area contributed by atoms with E-state index in [0.717, 1.165) is 6.42 Å². The van der Waals surface area contributed by atoms with Crippen molar-refractivity contribution in [1.29, 1.82) is 0 Å². The zero-order chi connectivity index (χ0) is 20.3. The minimum absolute atomic E-state index is 0.0932. The highest BCUT2D eigenvalue weighted by atomic mass is 32.2. The van der Waals surface area contributed by atoms with Gasteiger partial charge in [-0.05, 0) is 66.9 Å². The first kappa shape index (κ1) is 20.5. The third-order valence-electron chi connectivity index (χ3n) is 4.56. The second-order valence-electron chi connectivity index (χ2n) is 7.18. The Morgan fingerprint density at radius 2 is 1.79 bits per heavy atom. The van der Waals surface area contributed by atoms with Crippen molar-refractivity contribution in [1.82, 2.24) is 9.62 Å². The molecule has 3 rings (SSSR count). The Morgan fingerprint density at radius 3 is 2.36 bits per heavy atom. The van der Waals surface area contributed by atoms with E-state index >= 15 is 0 Å². The van der Waals surface area contributed by atoms with Crippen LogP contribution in [0.1, 0.15) is 30.8 Å². The molecule has 7 nitrogen and oxygen atoms in total. The number of nitrogens with one attached hydrogen (secondary N) is 2. The number of rotatable bonds is 4. The van der Waals surface area contributed by atoms with Crippen LogP contribution in [0.5, 0.6) is 0 Å². The molecule has 0 spiro atoms. The van der Waals surface area contributed by atoms with E-state index in [1.54, 1.807) is 34.6 Å². The Labute approximate surface area is 170 Å². The Hall–Kier alpha value is -2.23. The van der Waals surface area contributed by atoms with Gasteiger partial charge in [-0.15, -0.1) is 0 Å². The number of carbonyl (C=O) groups excluding carboxylic acids is 1. The standard InChI is InChI=1S/C19H23N3O4S2/c1-13-10-14(2)12-22(11-13)28(24,25)16-7-5-15(6-8-16)20-19(27)21-18(23)17-4-3-9-26-17/h3-9,13-14H,10-12H2,1-2H3,(H2,20,21,23,27)/t13-,14-/m0/s1. The summed E-state index contributed by atoms with van der Waals surface area (Å²) in [6.45, 7) is 5.22. The number of hydrogen-bond acceptors (Lipinski definition) is 5. The normalized spacial score (nSPS) is 20.5. The SMILES string of the molecule is C[C@H]1C[C@H](C)CN(S(=O)(=O)c2ccc(NC(=S)NC(=O)c3ccco3)cc2)C1. The maximum Gasteiger partial charge on any atom is 0.293 e. The van der Waals surface area contributed by atoms with Crippen molar-refractivity contribution < 1.29 is 17.6 Å². The van der Waals surface area contributed by atoms with E-state index in [0.29, 0.717) is 30.6 Å². The second kappa shape index (κ2) is 8.42. The summed E-state index contributed by atoms with van der Waals surface area (Å²) < 4.78 is 32.4. The summed E-state index contributed by atoms with van der Waals surface area (Å²) >= 11 is 5.11. The van der Waals surface area contributed by atoms with Crippen molar-refractivity contribution in [2.24, 2.45) is 11.8 Å². The fraction of sp³-hybridized carbons (Fsp3) is 0.368. The average Bonchev–Trinajstić information content (AvgIpc) is 3.16. The van der Waals surface area contributed by atoms with Crippen LogP contribution in [-0.4, -0.2) is 36.8 Å². The molecular weight excluding hydrogens is 398 g/mol. The topological polar surface area (TPSA) is 91.7 Å². The summed E-state index contributed by atoms with van der Waals surface area (Å²) in [5.74, 6) is 0.370. The smallest absolute Gasteiger partial charge is 0.293 e. The van der Waals surface area contributed by atoms with E-state index in [1.165, 1.54) is 12.3 Å². The first-order chi connectivity index (χ1) is 13.3. The summed E-state index contributed by atoms with van der Waals surface area (Å²) in [7, 11) is -3.53. The molecule has 1 fully saturated rings. The molecule has 28 heavy (non-hydrogen) atoms. The Bertz CT molecular complexity index is 930. The highest BCUT2D eigenvalue weighted by molar-refractivity contribution is 7.89. The molecule has 0 aliphatic carbocycles. The summed E-state index contributed by atoms with van der Waals surface area (Å²) in [6, 6.07) is 9.45. The molecule has 0 radical (unpaired) electrons. The minimum atomic E-state index is -3.53. The molecule has 2 N–H and O–H groups in total. The van der Waals surface area contributed by atoms with Crippen LogP contribution >= 0.6 is 12.2 Å². The fourth-order valence-electron chi connectivity index (χ4n) is 3.40. The molecule has 2 atom stereocenters. The predicted octanol–water partition coefficient (Wildman–Crippen LogP) is 3.07. The molecule has 1 aliphatic heterocycles. The van der Waals surface area contributed by atoms with E-state index in [9.17, 15) is 13.2 Å². The molecule has 2 heterocycles. The van der Waals surface area contributed by atoms with Crippen LogP contribution in [-0.2, 0) is 10.0 Å². The molecule has 9 heteroatoms. The number of sulfonamides is 1. The molecule has 1 aromatic heterocycles. The Morgan fingerprint density at radius 1 is 1.14 bits per heavy atom. The van der Waals surface area contributed by atoms with E-state index in [2.05, 4.69) is 24.5 Å². The minimum Gasteiger partial charge on any atom is -0.459 e. The first-order valence-corrected chi connectivity index (χ1v) is 10.9. The van der Waals surface area contributed by atoms with Gasteiger partial charge in [0, 0.05) is 18.8 Å². The highest BCUT2D eigenvalue weighted by Crippen LogP contribution is 2.27. The lowest BCUT2D eigenvalue weighted by molar-refractivity contribution is 0.0950. The van der Waals surface area contributed by atoms with Gasteiger partial charge in [0.05, 0.1) is 11.2 Å². The van der Waals surface area contributed by atoms with E-state index in [1.807, 2.05) is 0 Å². The van der Waals surface area contributed by atoms with Crippen molar-refractivity contribution >= 4 is 38.9 Å². The molecule has 1 saturated heterocycles. The Balaban J connectivity index is 1.64. The summed E-state index contributed by atoms with van der Waals surface area (Å²) in [6.07, 6.45) is 2.43. The van der Waals surface area contributed by atoms with Gasteiger partial charge < -0.3 is 9.73 Å². The molecule has 0 bridgehead atoms. The Kier molecular flexibility index (Phi) is 6.17. The van der Waals surface area contributed by atoms with Crippen LogP contribution in [0.3, 0.4) is 0 Å². The maximum absolute atomic E-state index is 12.9. The van der Waals surface area contributed by atoms with E-state index < -0.39 is 15.9 Å². The maximum atomic E-state index is 12.9. The van der Waals surface area contributed by atoms with Crippen molar-refractivity contribution in [2.45, 2.75) is 25.2 Å². The lowest BCUT2D eigenvalue weighted by Crippen LogP contribution is -2.42. The lowest BCUT2D eigenvalue weighted by Gasteiger charge is -2.34. The number of anilines is 1. The van der Waals surface area contributed by atoms with Crippen molar-refractivity contribution in [2.75, 3.05) is 18.4 Å². The molecule has 1 amide bonds. The van der Waals surface area contributed by atoms with Gasteiger partial charge in [-0.2, -0.15) is 4.31 Å². The lowest BCUT2D eigenvalue weighted by atomic mass is 9.94. The number of amides is 1. The van der Waals surface area contributed by atoms with Crippen molar-refractivity contribution in [3.05, 3.63) is 48.4 Å². The van der Waals surface area contributed by atoms with Crippen molar-refractivity contribution in [3.63, 3.8) is 0 Å². The number of furan rings is 1. The summed E-state index contributed by atoms with van der Waals surface area (Å²) in [4.78, 5) is 12.1. The molecule has 1 aromatic carbocycles. The monoisotopic (exact) mass is 421 g/mol. The third-order valence-corrected chi connectivity index (χ3v) is 6.61. The highest BCUT2D eigenvalue weighted by Gasteiger charge is 2.31. The quantitative estimate of drug-likeness (QED) is 0.737. The number of nitrogens with zero attached hydrogens (tertiary/aromatic N) is 1. The second-order valence-corrected chi connectivity index (χ2v) is 9.52. The predicted molar refractivity (Wildman–Crippen MR) is 111 cm³/mol. The van der Waals surface area contributed by atoms with Gasteiger partial charge >= 0.3 is 0 Å². The molecule has 1 aliphatic rings. The van der Waals surface area contributed by atoms with Crippen LogP contribution in [0, 0.1) is 11.8 Å². The van der Waals surface area contributed by atoms with Crippen LogP contribution in [0.15, 0.2) is 52.0 Å². The van der Waals surface area contributed by atoms with Crippen LogP contribution in [0.25, 0.3) is 0 Å². The van der Waals surface area contributed by atoms with E-state index in [4.69, 9.17) is 16.6 Å². The zero-order valence-electron chi connectivity index (χ0n) is 15.7. The van der Waals surface area contributed by atoms with Gasteiger partial charge in [0.1, 0.15) is 0 Å². The van der Waals surface area contributed by atoms with Gasteiger partial charge in [0.15, 0.2) is 10.9 Å². The molecule has 2 aromatic rings. The van der Waals surface area contributed by atoms with Gasteiger partial charge in [0.2, 0.25) is 10.0 Å². The first-order valence-electron chi connectivity index (χ1n) is 9.01. The largest absolute Gasteiger partial charge is 0.459 e. The zero-order valence-corrected chi connectivity index (χ0v) is 17.3. The summed E-state index contributed by atoms with van der Waals surface area (Å²) in [5, 5.41) is 5.45. The van der Waals surface area contributed by atoms with E-state index in [-0.39, 0.29) is 15.8 Å². The molecule has 0 unspecified atom stereocenters. The van der Waals surface area contributed by atoms with Gasteiger partial charge in [-0.25, -0.2) is 8.42 Å². The molecule has 0 saturated carbocycles. The van der Waals surface area contributed by atoms with Gasteiger partial charge in [0.25, 0.3) is 5.91 Å².